The van der Waals surface area contributed by atoms with Crippen LogP contribution in [0.15, 0.2) is 56.4 Å². The van der Waals surface area contributed by atoms with E-state index in [9.17, 15) is 30.7 Å². The minimum absolute atomic E-state index is 0. The van der Waals surface area contributed by atoms with Crippen molar-refractivity contribution in [3.05, 3.63) is 79.8 Å². The van der Waals surface area contributed by atoms with E-state index in [1.54, 1.807) is 19.1 Å². The molecule has 0 unspecified atom stereocenters. The first-order valence-corrected chi connectivity index (χ1v) is 22.1. The Labute approximate surface area is 382 Å². The summed E-state index contributed by atoms with van der Waals surface area (Å²) in [6.45, 7) is 16.3. The second kappa shape index (κ2) is 19.3. The van der Waals surface area contributed by atoms with Crippen molar-refractivity contribution >= 4 is 105 Å². The molecule has 304 valence electrons. The molecule has 0 aliphatic carbocycles. The van der Waals surface area contributed by atoms with Crippen LogP contribution in [0, 0.1) is 6.92 Å². The number of primary amides is 1. The van der Waals surface area contributed by atoms with E-state index in [2.05, 4.69) is 25.8 Å². The van der Waals surface area contributed by atoms with Crippen molar-refractivity contribution in [2.75, 3.05) is 10.6 Å². The van der Waals surface area contributed by atoms with Gasteiger partial charge in [-0.3, -0.25) is 4.79 Å². The van der Waals surface area contributed by atoms with Gasteiger partial charge in [-0.25, -0.2) is 26.8 Å². The molecule has 0 aliphatic heterocycles. The van der Waals surface area contributed by atoms with Crippen LogP contribution in [-0.2, 0) is 20.2 Å². The van der Waals surface area contributed by atoms with Gasteiger partial charge in [0.15, 0.2) is 5.82 Å². The summed E-state index contributed by atoms with van der Waals surface area (Å²) < 4.78 is 74.2. The maximum absolute atomic E-state index is 13.4. The number of carbonyl (C=O) groups excluding carboxylic acids is 1. The number of hydrogen-bond acceptors (Lipinski definition) is 14. The molecule has 21 heteroatoms. The van der Waals surface area contributed by atoms with E-state index in [4.69, 9.17) is 33.9 Å². The minimum atomic E-state index is -4.83. The summed E-state index contributed by atoms with van der Waals surface area (Å²) in [5, 5.41) is 16.4. The number of carbonyl (C=O) groups is 1. The molecule has 5 aromatic rings. The zero-order valence-corrected chi connectivity index (χ0v) is 38.4. The number of nitrogens with one attached hydrogen (secondary N) is 2. The number of nitrogens with two attached hydrogens (primary N) is 1. The number of aromatic nitrogens is 2. The van der Waals surface area contributed by atoms with Crippen LogP contribution in [-0.4, -0.2) is 41.8 Å². The molecule has 14 nitrogen and oxygen atoms in total. The molecule has 0 fully saturated rings. The fourth-order valence-corrected chi connectivity index (χ4v) is 8.58. The summed E-state index contributed by atoms with van der Waals surface area (Å²) in [5.74, 6) is -2.02. The van der Waals surface area contributed by atoms with Crippen LogP contribution in [0.5, 0.6) is 0 Å². The van der Waals surface area contributed by atoms with Crippen molar-refractivity contribution in [2.45, 2.75) is 95.8 Å². The monoisotopic (exact) mass is 887 g/mol. The Morgan fingerprint density at radius 2 is 1.10 bits per heavy atom. The Hall–Kier alpha value is -3.04. The summed E-state index contributed by atoms with van der Waals surface area (Å²) in [4.78, 5) is 22.0. The van der Waals surface area contributed by atoms with E-state index >= 15 is 0 Å². The van der Waals surface area contributed by atoms with Crippen molar-refractivity contribution in [3.8, 4) is 0 Å². The fourth-order valence-electron chi connectivity index (χ4n) is 6.30. The Morgan fingerprint density at radius 3 is 1.49 bits per heavy atom. The summed E-state index contributed by atoms with van der Waals surface area (Å²) in [5.41, 5.74) is 9.62. The number of amides is 1. The first-order valence-electron chi connectivity index (χ1n) is 17.7. The number of hydrogen-bond donors (Lipinski definition) is 3. The van der Waals surface area contributed by atoms with Gasteiger partial charge in [0, 0.05) is 11.4 Å². The summed E-state index contributed by atoms with van der Waals surface area (Å²) in [7, 11) is -9.67. The Kier molecular flexibility index (Phi) is 16.5. The molecule has 0 atom stereocenters. The molecule has 0 saturated carbocycles. The quantitative estimate of drug-likeness (QED) is 0.0839. The van der Waals surface area contributed by atoms with E-state index in [1.807, 2.05) is 55.4 Å². The van der Waals surface area contributed by atoms with Crippen molar-refractivity contribution in [2.24, 2.45) is 16.0 Å². The van der Waals surface area contributed by atoms with Crippen LogP contribution >= 0.6 is 34.5 Å². The van der Waals surface area contributed by atoms with Gasteiger partial charge in [-0.15, -0.1) is 10.2 Å². The maximum Gasteiger partial charge on any atom is 1.00 e. The average Bonchev–Trinajstić information content (AvgIpc) is 3.47. The van der Waals surface area contributed by atoms with Gasteiger partial charge in [0.2, 0.25) is 5.13 Å². The van der Waals surface area contributed by atoms with Crippen LogP contribution in [0.4, 0.5) is 33.8 Å². The number of fused-ring (bicyclic) bond motifs is 1. The van der Waals surface area contributed by atoms with Gasteiger partial charge in [-0.1, -0.05) is 89.9 Å². The number of rotatable bonds is 13. The van der Waals surface area contributed by atoms with Crippen LogP contribution in [0.3, 0.4) is 0 Å². The van der Waals surface area contributed by atoms with Gasteiger partial charge in [0.05, 0.1) is 35.6 Å². The van der Waals surface area contributed by atoms with E-state index in [1.165, 1.54) is 35.6 Å². The topological polar surface area (TPSA) is 232 Å². The second-order valence-electron chi connectivity index (χ2n) is 14.7. The van der Waals surface area contributed by atoms with E-state index in [-0.39, 0.29) is 95.0 Å². The zero-order chi connectivity index (χ0) is 42.5. The number of azo groups is 1. The summed E-state index contributed by atoms with van der Waals surface area (Å²) >= 11 is 13.6. The fraction of sp³-hybridized carbons (Fsp3) is 0.342. The van der Waals surface area contributed by atoms with Crippen LogP contribution in [0.1, 0.15) is 117 Å². The summed E-state index contributed by atoms with van der Waals surface area (Å²) in [6, 6.07) is 8.49. The number of pyridine rings is 1. The molecule has 0 spiro atoms. The molecular weight excluding hydrogens is 847 g/mol. The number of thiazole rings is 1. The Balaban J connectivity index is 0.00000465. The van der Waals surface area contributed by atoms with Crippen LogP contribution in [0.25, 0.3) is 10.2 Å². The molecule has 2 aromatic heterocycles. The molecule has 0 saturated heterocycles. The second-order valence-corrected chi connectivity index (χ2v) is 19.3. The normalized spacial score (nSPS) is 12.2. The van der Waals surface area contributed by atoms with Gasteiger partial charge < -0.3 is 25.5 Å². The maximum atomic E-state index is 13.4. The first-order chi connectivity index (χ1) is 26.4. The molecule has 2 heterocycles. The predicted molar refractivity (Wildman–Crippen MR) is 223 cm³/mol. The van der Waals surface area contributed by atoms with Crippen molar-refractivity contribution in [1.29, 1.82) is 0 Å². The molecule has 0 radical (unpaired) electrons. The molecule has 0 aliphatic rings. The zero-order valence-electron chi connectivity index (χ0n) is 34.5. The minimum Gasteiger partial charge on any atom is -0.744 e. The third-order valence-electron chi connectivity index (χ3n) is 9.21. The van der Waals surface area contributed by atoms with Crippen molar-refractivity contribution < 1.29 is 68.5 Å². The Morgan fingerprint density at radius 1 is 0.695 bits per heavy atom. The number of benzene rings is 3. The van der Waals surface area contributed by atoms with E-state index < -0.39 is 35.9 Å². The standard InChI is InChI=1S/C38H43Cl2N7O7S3.2Li/c1-16(2)23-10-21(56(49,50)51)11-24(17(3)4)33(23)43-36-31(35(41)48)20(9)32(46-47-38-42-29-14-27(39)28(40)15-30(29)55-38)37(45-36)44-34-25(18(5)6)12-22(57(52,53)54)13-26(34)19(7)8;;/h10-19H,1-9H3,(H2,41,48)(H2,43,44,45)(H,49,50,51)(H,52,53,54);;/q;2*+1/p-2. The molecule has 0 bridgehead atoms. The van der Waals surface area contributed by atoms with Crippen molar-refractivity contribution in [1.82, 2.24) is 9.97 Å². The first kappa shape index (κ1) is 50.3. The SMILES string of the molecule is Cc1c(N=Nc2nc3cc(Cl)c(Cl)cc3s2)c(Nc2c(C(C)C)cc(S(=O)(=O)[O-])cc2C(C)C)nc(Nc2c(C(C)C)cc(S(=O)(=O)[O-])cc2C(C)C)c1C(N)=O.[Li+].[Li+]. The average molecular weight is 889 g/mol. The summed E-state index contributed by atoms with van der Waals surface area (Å²) in [6.07, 6.45) is 0. The molecule has 59 heavy (non-hydrogen) atoms. The molecular formula is C38H41Cl2Li2N7O7S3. The Bertz CT molecular complexity index is 2590. The predicted octanol–water partition coefficient (Wildman–Crippen LogP) is 4.62. The van der Waals surface area contributed by atoms with E-state index in [0.717, 1.165) is 0 Å². The third-order valence-corrected chi connectivity index (χ3v) is 12.5. The molecule has 3 aromatic carbocycles. The van der Waals surface area contributed by atoms with E-state index in [0.29, 0.717) is 53.9 Å². The van der Waals surface area contributed by atoms with Gasteiger partial charge in [-0.2, -0.15) is 0 Å². The van der Waals surface area contributed by atoms with Gasteiger partial charge >= 0.3 is 37.7 Å². The van der Waals surface area contributed by atoms with Crippen LogP contribution < -0.4 is 54.1 Å². The smallest absolute Gasteiger partial charge is 0.744 e. The van der Waals surface area contributed by atoms with Gasteiger partial charge in [0.1, 0.15) is 31.7 Å². The molecule has 1 amide bonds. The van der Waals surface area contributed by atoms with Crippen molar-refractivity contribution in [3.63, 3.8) is 0 Å². The molecule has 5 rings (SSSR count). The largest absolute Gasteiger partial charge is 1.00 e. The number of anilines is 4. The van der Waals surface area contributed by atoms with Gasteiger partial charge in [0.25, 0.3) is 5.91 Å². The number of nitrogens with zero attached hydrogens (tertiary/aromatic N) is 4. The third kappa shape index (κ3) is 11.1. The number of halogens is 2. The van der Waals surface area contributed by atoms with Crippen LogP contribution in [0.2, 0.25) is 10.0 Å². The van der Waals surface area contributed by atoms with Gasteiger partial charge in [-0.05, 0) is 94.8 Å². The molecule has 4 N–H and O–H groups in total.